The number of halogens is 1. The second kappa shape index (κ2) is 6.81. The summed E-state index contributed by atoms with van der Waals surface area (Å²) in [6.45, 7) is 6.48. The Morgan fingerprint density at radius 1 is 1.30 bits per heavy atom. The van der Waals surface area contributed by atoms with Crippen LogP contribution in [0.3, 0.4) is 0 Å². The van der Waals surface area contributed by atoms with Gasteiger partial charge in [0.2, 0.25) is 0 Å². The Hall–Kier alpha value is -1.46. The van der Waals surface area contributed by atoms with Crippen molar-refractivity contribution in [3.63, 3.8) is 0 Å². The van der Waals surface area contributed by atoms with Crippen molar-refractivity contribution in [1.29, 1.82) is 0 Å². The second-order valence-electron chi connectivity index (χ2n) is 5.24. The second-order valence-corrected chi connectivity index (χ2v) is 5.24. The lowest BCUT2D eigenvalue weighted by molar-refractivity contribution is 0.0636. The summed E-state index contributed by atoms with van der Waals surface area (Å²) in [5.74, 6) is -0.403. The first-order valence-corrected chi connectivity index (χ1v) is 7.09. The zero-order chi connectivity index (χ0) is 14.5. The molecule has 5 heteroatoms. The SMILES string of the molecule is Cc1ccc(C(=O)N2CCN(CCCN)CC2)cc1F. The van der Waals surface area contributed by atoms with Gasteiger partial charge in [0, 0.05) is 31.7 Å². The Bertz CT molecular complexity index is 470. The van der Waals surface area contributed by atoms with Crippen molar-refractivity contribution >= 4 is 5.91 Å². The third-order valence-corrected chi connectivity index (χ3v) is 3.76. The van der Waals surface area contributed by atoms with Gasteiger partial charge in [-0.15, -0.1) is 0 Å². The zero-order valence-electron chi connectivity index (χ0n) is 11.9. The number of amides is 1. The van der Waals surface area contributed by atoms with Gasteiger partial charge in [-0.05, 0) is 44.1 Å². The van der Waals surface area contributed by atoms with E-state index in [0.29, 0.717) is 30.8 Å². The number of nitrogens with zero attached hydrogens (tertiary/aromatic N) is 2. The van der Waals surface area contributed by atoms with Gasteiger partial charge in [0.05, 0.1) is 0 Å². The van der Waals surface area contributed by atoms with Gasteiger partial charge in [-0.25, -0.2) is 4.39 Å². The highest BCUT2D eigenvalue weighted by Gasteiger charge is 2.22. The first-order chi connectivity index (χ1) is 9.61. The lowest BCUT2D eigenvalue weighted by atomic mass is 10.1. The minimum Gasteiger partial charge on any atom is -0.336 e. The van der Waals surface area contributed by atoms with Crippen molar-refractivity contribution in [3.8, 4) is 0 Å². The highest BCUT2D eigenvalue weighted by Crippen LogP contribution is 2.13. The maximum absolute atomic E-state index is 13.5. The molecule has 4 nitrogen and oxygen atoms in total. The molecule has 1 aromatic carbocycles. The summed E-state index contributed by atoms with van der Waals surface area (Å²) in [5.41, 5.74) is 6.49. The zero-order valence-corrected chi connectivity index (χ0v) is 11.9. The fourth-order valence-corrected chi connectivity index (χ4v) is 2.40. The molecule has 0 radical (unpaired) electrons. The fraction of sp³-hybridized carbons (Fsp3) is 0.533. The van der Waals surface area contributed by atoms with Gasteiger partial charge in [0.1, 0.15) is 5.82 Å². The molecule has 0 unspecified atom stereocenters. The van der Waals surface area contributed by atoms with Gasteiger partial charge >= 0.3 is 0 Å². The average molecular weight is 279 g/mol. The molecular weight excluding hydrogens is 257 g/mol. The van der Waals surface area contributed by atoms with Crippen molar-refractivity contribution in [2.75, 3.05) is 39.3 Å². The van der Waals surface area contributed by atoms with E-state index in [0.717, 1.165) is 26.1 Å². The third-order valence-electron chi connectivity index (χ3n) is 3.76. The van der Waals surface area contributed by atoms with Crippen molar-refractivity contribution in [1.82, 2.24) is 9.80 Å². The molecule has 0 aromatic heterocycles. The molecule has 0 atom stereocenters. The van der Waals surface area contributed by atoms with Crippen LogP contribution in [-0.4, -0.2) is 55.0 Å². The summed E-state index contributed by atoms with van der Waals surface area (Å²) >= 11 is 0. The van der Waals surface area contributed by atoms with Gasteiger partial charge in [0.25, 0.3) is 5.91 Å². The molecule has 20 heavy (non-hydrogen) atoms. The molecule has 1 aliphatic rings. The predicted molar refractivity (Wildman–Crippen MR) is 77.2 cm³/mol. The van der Waals surface area contributed by atoms with Crippen molar-refractivity contribution in [2.45, 2.75) is 13.3 Å². The average Bonchev–Trinajstić information content (AvgIpc) is 2.48. The van der Waals surface area contributed by atoms with Crippen molar-refractivity contribution in [2.24, 2.45) is 5.73 Å². The number of nitrogens with two attached hydrogens (primary N) is 1. The smallest absolute Gasteiger partial charge is 0.254 e. The van der Waals surface area contributed by atoms with Crippen LogP contribution < -0.4 is 5.73 Å². The summed E-state index contributed by atoms with van der Waals surface area (Å²) in [5, 5.41) is 0. The Morgan fingerprint density at radius 2 is 2.00 bits per heavy atom. The standard InChI is InChI=1S/C15H22FN3O/c1-12-3-4-13(11-14(12)16)15(20)19-9-7-18(8-10-19)6-2-5-17/h3-4,11H,2,5-10,17H2,1H3. The van der Waals surface area contributed by atoms with E-state index in [-0.39, 0.29) is 11.7 Å². The van der Waals surface area contributed by atoms with Crippen LogP contribution in [0.25, 0.3) is 0 Å². The molecule has 1 saturated heterocycles. The lowest BCUT2D eigenvalue weighted by Gasteiger charge is -2.34. The van der Waals surface area contributed by atoms with Crippen LogP contribution in [0.4, 0.5) is 4.39 Å². The van der Waals surface area contributed by atoms with E-state index in [2.05, 4.69) is 4.90 Å². The number of carbonyl (C=O) groups is 1. The molecule has 2 N–H and O–H groups in total. The van der Waals surface area contributed by atoms with Crippen LogP contribution in [0.15, 0.2) is 18.2 Å². The van der Waals surface area contributed by atoms with Gasteiger partial charge in [-0.2, -0.15) is 0 Å². The predicted octanol–water partition coefficient (Wildman–Crippen LogP) is 1.24. The summed E-state index contributed by atoms with van der Waals surface area (Å²) in [6.07, 6.45) is 0.983. The van der Waals surface area contributed by atoms with Gasteiger partial charge in [-0.3, -0.25) is 9.69 Å². The van der Waals surface area contributed by atoms with Gasteiger partial charge < -0.3 is 10.6 Å². The monoisotopic (exact) mass is 279 g/mol. The van der Waals surface area contributed by atoms with Crippen LogP contribution >= 0.6 is 0 Å². The summed E-state index contributed by atoms with van der Waals surface area (Å²) < 4.78 is 13.5. The van der Waals surface area contributed by atoms with E-state index in [1.54, 1.807) is 24.0 Å². The van der Waals surface area contributed by atoms with Crippen LogP contribution in [0, 0.1) is 12.7 Å². The number of hydrogen-bond donors (Lipinski definition) is 1. The van der Waals surface area contributed by atoms with Crippen molar-refractivity contribution in [3.05, 3.63) is 35.1 Å². The van der Waals surface area contributed by atoms with E-state index in [1.807, 2.05) is 0 Å². The maximum atomic E-state index is 13.5. The van der Waals surface area contributed by atoms with Crippen molar-refractivity contribution < 1.29 is 9.18 Å². The molecule has 0 saturated carbocycles. The molecule has 1 heterocycles. The van der Waals surface area contributed by atoms with Crippen LogP contribution in [-0.2, 0) is 0 Å². The Labute approximate surface area is 119 Å². The molecule has 0 aliphatic carbocycles. The van der Waals surface area contributed by atoms with Gasteiger partial charge in [-0.1, -0.05) is 6.07 Å². The Balaban J connectivity index is 1.92. The van der Waals surface area contributed by atoms with E-state index >= 15 is 0 Å². The normalized spacial score (nSPS) is 16.4. The number of aryl methyl sites for hydroxylation is 1. The first-order valence-electron chi connectivity index (χ1n) is 7.09. The molecule has 110 valence electrons. The fourth-order valence-electron chi connectivity index (χ4n) is 2.40. The summed E-state index contributed by atoms with van der Waals surface area (Å²) in [4.78, 5) is 16.4. The Morgan fingerprint density at radius 3 is 2.60 bits per heavy atom. The molecule has 1 aromatic rings. The van der Waals surface area contributed by atoms with Gasteiger partial charge in [0.15, 0.2) is 0 Å². The number of rotatable bonds is 4. The van der Waals surface area contributed by atoms with Crippen LogP contribution in [0.2, 0.25) is 0 Å². The van der Waals surface area contributed by atoms with E-state index < -0.39 is 0 Å². The minimum absolute atomic E-state index is 0.0811. The number of piperazine rings is 1. The molecule has 1 amide bonds. The number of benzene rings is 1. The summed E-state index contributed by atoms with van der Waals surface area (Å²) in [6, 6.07) is 4.68. The molecule has 1 aliphatic heterocycles. The number of carbonyl (C=O) groups excluding carboxylic acids is 1. The maximum Gasteiger partial charge on any atom is 0.254 e. The molecule has 0 spiro atoms. The quantitative estimate of drug-likeness (QED) is 0.902. The Kier molecular flexibility index (Phi) is 5.09. The highest BCUT2D eigenvalue weighted by atomic mass is 19.1. The lowest BCUT2D eigenvalue weighted by Crippen LogP contribution is -2.49. The van der Waals surface area contributed by atoms with E-state index in [4.69, 9.17) is 5.73 Å². The molecule has 0 bridgehead atoms. The third kappa shape index (κ3) is 3.55. The van der Waals surface area contributed by atoms with Crippen LogP contribution in [0.5, 0.6) is 0 Å². The highest BCUT2D eigenvalue weighted by molar-refractivity contribution is 5.94. The molecular formula is C15H22FN3O. The minimum atomic E-state index is -0.322. The first kappa shape index (κ1) is 14.9. The van der Waals surface area contributed by atoms with Crippen LogP contribution in [0.1, 0.15) is 22.3 Å². The number of hydrogen-bond acceptors (Lipinski definition) is 3. The van der Waals surface area contributed by atoms with E-state index in [9.17, 15) is 9.18 Å². The largest absolute Gasteiger partial charge is 0.336 e. The molecule has 2 rings (SSSR count). The van der Waals surface area contributed by atoms with E-state index in [1.165, 1.54) is 6.07 Å². The summed E-state index contributed by atoms with van der Waals surface area (Å²) in [7, 11) is 0. The molecule has 1 fully saturated rings. The topological polar surface area (TPSA) is 49.6 Å².